The van der Waals surface area contributed by atoms with Crippen LogP contribution in [-0.2, 0) is 17.9 Å². The summed E-state index contributed by atoms with van der Waals surface area (Å²) in [4.78, 5) is 32.7. The molecule has 12 heteroatoms. The third-order valence-corrected chi connectivity index (χ3v) is 9.55. The Hall–Kier alpha value is -5.26. The molecule has 2 aliphatic rings. The molecular weight excluding hydrogens is 651 g/mol. The highest BCUT2D eigenvalue weighted by Gasteiger charge is 2.25. The van der Waals surface area contributed by atoms with Gasteiger partial charge in [-0.25, -0.2) is 0 Å². The lowest BCUT2D eigenvalue weighted by molar-refractivity contribution is -0.123. The normalized spacial score (nSPS) is 14.2. The Balaban J connectivity index is 0.959. The number of carbonyl (C=O) groups excluding carboxylic acids is 2. The topological polar surface area (TPSA) is 122 Å². The Morgan fingerprint density at radius 1 is 0.980 bits per heavy atom. The van der Waals surface area contributed by atoms with Crippen molar-refractivity contribution in [3.8, 4) is 11.4 Å². The molecule has 1 saturated heterocycles. The number of aromatic nitrogens is 3. The fourth-order valence-corrected chi connectivity index (χ4v) is 6.74. The lowest BCUT2D eigenvalue weighted by Gasteiger charge is -2.32. The molecule has 2 amide bonds. The molecule has 0 spiro atoms. The number of aliphatic imine (C=N–C) groups is 1. The van der Waals surface area contributed by atoms with Gasteiger partial charge in [-0.05, 0) is 79.3 Å². The minimum Gasteiger partial charge on any atom is -0.484 e. The maximum Gasteiger partial charge on any atom is 0.304 e. The SMILES string of the molecule is Cc1nnc2n1-c1ccc(OCC(=O)NCc3cccc(C4CCN(C(=O)c5ccc(BO)cc5)CC4)c3)cc1C(c1ccc(Cl)cc1)=NC2. The van der Waals surface area contributed by atoms with Gasteiger partial charge in [0.1, 0.15) is 18.1 Å². The average molecular weight is 687 g/mol. The first-order valence-electron chi connectivity index (χ1n) is 16.7. The number of fused-ring (bicyclic) bond motifs is 3. The number of aryl methyl sites for hydroxylation is 1. The van der Waals surface area contributed by atoms with E-state index >= 15 is 0 Å². The highest BCUT2D eigenvalue weighted by molar-refractivity contribution is 6.45. The summed E-state index contributed by atoms with van der Waals surface area (Å²) in [5.74, 6) is 2.17. The zero-order valence-corrected chi connectivity index (χ0v) is 28.4. The quantitative estimate of drug-likeness (QED) is 0.224. The van der Waals surface area contributed by atoms with Crippen molar-refractivity contribution in [3.63, 3.8) is 0 Å². The molecule has 252 valence electrons. The molecule has 1 aromatic heterocycles. The Bertz CT molecular complexity index is 2060. The number of likely N-dealkylation sites (tertiary alicyclic amines) is 1. The second-order valence-electron chi connectivity index (χ2n) is 12.6. The number of piperidine rings is 1. The van der Waals surface area contributed by atoms with E-state index in [2.05, 4.69) is 27.6 Å². The van der Waals surface area contributed by atoms with Gasteiger partial charge in [-0.2, -0.15) is 0 Å². The zero-order chi connectivity index (χ0) is 34.6. The first-order chi connectivity index (χ1) is 24.4. The lowest BCUT2D eigenvalue weighted by Crippen LogP contribution is -2.38. The molecule has 1 fully saturated rings. The number of amides is 2. The van der Waals surface area contributed by atoms with Crippen molar-refractivity contribution in [3.05, 3.63) is 135 Å². The Labute approximate surface area is 296 Å². The molecule has 4 aromatic carbocycles. The minimum atomic E-state index is -0.229. The molecule has 0 radical (unpaired) electrons. The number of hydrogen-bond donors (Lipinski definition) is 2. The van der Waals surface area contributed by atoms with Crippen LogP contribution < -0.4 is 15.5 Å². The number of nitrogens with zero attached hydrogens (tertiary/aromatic N) is 5. The molecule has 0 atom stereocenters. The van der Waals surface area contributed by atoms with Gasteiger partial charge in [-0.3, -0.25) is 19.1 Å². The molecule has 0 aliphatic carbocycles. The van der Waals surface area contributed by atoms with Crippen molar-refractivity contribution in [1.29, 1.82) is 0 Å². The Morgan fingerprint density at radius 2 is 1.76 bits per heavy atom. The van der Waals surface area contributed by atoms with Crippen LogP contribution in [0.2, 0.25) is 5.02 Å². The van der Waals surface area contributed by atoms with E-state index < -0.39 is 0 Å². The van der Waals surface area contributed by atoms with E-state index in [1.54, 1.807) is 24.3 Å². The minimum absolute atomic E-state index is 0.0207. The van der Waals surface area contributed by atoms with Gasteiger partial charge in [0.25, 0.3) is 11.8 Å². The summed E-state index contributed by atoms with van der Waals surface area (Å²) in [6.07, 6.45) is 1.74. The molecular formula is C38H36BClN6O4. The van der Waals surface area contributed by atoms with Gasteiger partial charge in [-0.15, -0.1) is 10.2 Å². The summed E-state index contributed by atoms with van der Waals surface area (Å²) >= 11 is 6.17. The van der Waals surface area contributed by atoms with E-state index in [1.807, 2.05) is 71.0 Å². The largest absolute Gasteiger partial charge is 0.484 e. The van der Waals surface area contributed by atoms with Gasteiger partial charge < -0.3 is 20.0 Å². The van der Waals surface area contributed by atoms with Gasteiger partial charge >= 0.3 is 7.48 Å². The van der Waals surface area contributed by atoms with Crippen molar-refractivity contribution in [1.82, 2.24) is 25.0 Å². The van der Waals surface area contributed by atoms with Gasteiger partial charge in [0.2, 0.25) is 0 Å². The van der Waals surface area contributed by atoms with Crippen LogP contribution in [0, 0.1) is 6.92 Å². The maximum absolute atomic E-state index is 13.0. The molecule has 7 rings (SSSR count). The van der Waals surface area contributed by atoms with E-state index in [1.165, 1.54) is 5.56 Å². The second kappa shape index (κ2) is 14.7. The summed E-state index contributed by atoms with van der Waals surface area (Å²) in [5.41, 5.74) is 7.06. The van der Waals surface area contributed by atoms with Crippen molar-refractivity contribution in [2.75, 3.05) is 19.7 Å². The standard InChI is InChI=1S/C38H36BClN6O4/c1-24-43-44-35-22-42-37(27-7-11-31(40)12-8-27)33-20-32(13-14-34(33)46(24)35)50-23-36(47)41-21-25-3-2-4-29(19-25)26-15-17-45(18-16-26)38(48)28-5-9-30(39-49)10-6-28/h2-14,19-20,26,39,49H,15-18,21-23H2,1H3,(H,41,47). The van der Waals surface area contributed by atoms with E-state index in [9.17, 15) is 14.6 Å². The predicted molar refractivity (Wildman–Crippen MR) is 194 cm³/mol. The van der Waals surface area contributed by atoms with E-state index in [0.29, 0.717) is 48.4 Å². The highest BCUT2D eigenvalue weighted by Crippen LogP contribution is 2.31. The van der Waals surface area contributed by atoms with Gasteiger partial charge in [0.15, 0.2) is 12.4 Å². The van der Waals surface area contributed by atoms with Gasteiger partial charge in [-0.1, -0.05) is 65.6 Å². The molecule has 10 nitrogen and oxygen atoms in total. The van der Waals surface area contributed by atoms with Crippen LogP contribution in [0.3, 0.4) is 0 Å². The molecule has 0 bridgehead atoms. The van der Waals surface area contributed by atoms with E-state index in [0.717, 1.165) is 58.0 Å². The fraction of sp³-hybridized carbons (Fsp3) is 0.237. The van der Waals surface area contributed by atoms with Crippen LogP contribution in [0.4, 0.5) is 0 Å². The first-order valence-corrected chi connectivity index (χ1v) is 17.1. The van der Waals surface area contributed by atoms with Crippen LogP contribution in [0.15, 0.2) is 96.0 Å². The van der Waals surface area contributed by atoms with E-state index in [-0.39, 0.29) is 25.9 Å². The highest BCUT2D eigenvalue weighted by atomic mass is 35.5. The smallest absolute Gasteiger partial charge is 0.304 e. The first kappa shape index (κ1) is 33.3. The van der Waals surface area contributed by atoms with E-state index in [4.69, 9.17) is 21.3 Å². The number of halogens is 1. The van der Waals surface area contributed by atoms with Crippen LogP contribution >= 0.6 is 11.6 Å². The van der Waals surface area contributed by atoms with Crippen molar-refractivity contribution in [2.24, 2.45) is 4.99 Å². The number of benzene rings is 4. The fourth-order valence-electron chi connectivity index (χ4n) is 6.61. The molecule has 2 aliphatic heterocycles. The maximum atomic E-state index is 13.0. The Morgan fingerprint density at radius 3 is 2.52 bits per heavy atom. The third kappa shape index (κ3) is 7.20. The Kier molecular flexibility index (Phi) is 9.77. The molecule has 3 heterocycles. The average Bonchev–Trinajstić information content (AvgIpc) is 3.44. The number of hydrogen-bond acceptors (Lipinski definition) is 7. The van der Waals surface area contributed by atoms with Crippen LogP contribution in [-0.4, -0.2) is 69.4 Å². The molecule has 50 heavy (non-hydrogen) atoms. The number of nitrogens with one attached hydrogen (secondary N) is 1. The summed E-state index contributed by atoms with van der Waals surface area (Å²) in [6, 6.07) is 28.6. The third-order valence-electron chi connectivity index (χ3n) is 9.30. The van der Waals surface area contributed by atoms with Crippen LogP contribution in [0.5, 0.6) is 5.75 Å². The monoisotopic (exact) mass is 686 g/mol. The summed E-state index contributed by atoms with van der Waals surface area (Å²) in [6.45, 7) is 3.88. The predicted octanol–water partition coefficient (Wildman–Crippen LogP) is 4.26. The molecule has 0 unspecified atom stereocenters. The lowest BCUT2D eigenvalue weighted by atomic mass is 9.87. The number of ether oxygens (including phenoxy) is 1. The van der Waals surface area contributed by atoms with Crippen LogP contribution in [0.1, 0.15) is 63.0 Å². The number of carbonyl (C=O) groups is 2. The summed E-state index contributed by atoms with van der Waals surface area (Å²) in [7, 11) is -0.0401. The van der Waals surface area contributed by atoms with Crippen molar-refractivity contribution < 1.29 is 19.3 Å². The number of rotatable bonds is 9. The van der Waals surface area contributed by atoms with Crippen molar-refractivity contribution >= 4 is 42.1 Å². The second-order valence-corrected chi connectivity index (χ2v) is 13.0. The zero-order valence-electron chi connectivity index (χ0n) is 27.7. The molecule has 2 N–H and O–H groups in total. The summed E-state index contributed by atoms with van der Waals surface area (Å²) in [5, 5.41) is 21.5. The van der Waals surface area contributed by atoms with Gasteiger partial charge in [0.05, 0.1) is 11.4 Å². The van der Waals surface area contributed by atoms with Crippen LogP contribution in [0.25, 0.3) is 5.69 Å². The van der Waals surface area contributed by atoms with Crippen molar-refractivity contribution in [2.45, 2.75) is 38.8 Å². The molecule has 5 aromatic rings. The summed E-state index contributed by atoms with van der Waals surface area (Å²) < 4.78 is 7.98. The molecule has 0 saturated carbocycles. The van der Waals surface area contributed by atoms with Gasteiger partial charge in [0, 0.05) is 41.3 Å².